The molecular formula is C23H19Cl2F3N8O. The molecule has 1 saturated heterocycles. The number of rotatable bonds is 5. The van der Waals surface area contributed by atoms with Crippen LogP contribution in [0.15, 0.2) is 42.9 Å². The molecular weight excluding hydrogens is 532 g/mol. The molecule has 3 aromatic heterocycles. The van der Waals surface area contributed by atoms with Crippen molar-refractivity contribution in [2.45, 2.75) is 25.1 Å². The molecule has 1 aromatic carbocycles. The zero-order valence-electron chi connectivity index (χ0n) is 19.0. The first-order valence-electron chi connectivity index (χ1n) is 11.2. The molecule has 0 amide bonds. The fraction of sp³-hybridized carbons (Fsp3) is 0.261. The molecule has 1 aliphatic heterocycles. The molecule has 192 valence electrons. The summed E-state index contributed by atoms with van der Waals surface area (Å²) in [7, 11) is 0. The fourth-order valence-corrected chi connectivity index (χ4v) is 4.75. The van der Waals surface area contributed by atoms with Gasteiger partial charge >= 0.3 is 6.18 Å². The summed E-state index contributed by atoms with van der Waals surface area (Å²) in [5.41, 5.74) is 6.81. The van der Waals surface area contributed by atoms with Crippen LogP contribution in [0, 0.1) is 0 Å². The summed E-state index contributed by atoms with van der Waals surface area (Å²) >= 11 is 12.5. The summed E-state index contributed by atoms with van der Waals surface area (Å²) in [5.74, 6) is -1.65. The smallest absolute Gasteiger partial charge is 0.383 e. The van der Waals surface area contributed by atoms with Crippen LogP contribution in [0.3, 0.4) is 0 Å². The fourth-order valence-electron chi connectivity index (χ4n) is 4.25. The van der Waals surface area contributed by atoms with E-state index in [-0.39, 0.29) is 11.9 Å². The average Bonchev–Trinajstić information content (AvgIpc) is 3.31. The molecule has 3 N–H and O–H groups in total. The van der Waals surface area contributed by atoms with E-state index < -0.39 is 23.3 Å². The SMILES string of the molecule is Nc1nc(NC2CCCN(c3nc(-c4ccc(Cl)cc4Cl)cn4ncnc34)C2)ccc1C(=O)C(F)(F)F. The van der Waals surface area contributed by atoms with E-state index in [9.17, 15) is 18.0 Å². The van der Waals surface area contributed by atoms with Gasteiger partial charge in [0.05, 0.1) is 22.5 Å². The van der Waals surface area contributed by atoms with E-state index in [1.165, 1.54) is 12.4 Å². The van der Waals surface area contributed by atoms with Gasteiger partial charge in [0.25, 0.3) is 5.78 Å². The van der Waals surface area contributed by atoms with E-state index >= 15 is 0 Å². The van der Waals surface area contributed by atoms with Crippen molar-refractivity contribution >= 4 is 52.1 Å². The van der Waals surface area contributed by atoms with Gasteiger partial charge in [0.2, 0.25) is 0 Å². The standard InChI is InChI=1S/C23H19Cl2F3N8O/c24-12-3-4-14(16(25)8-12)17-10-36-21(30-11-31-36)22(33-17)35-7-1-2-13(9-35)32-18-6-5-15(20(29)34-18)19(37)23(26,27)28/h3-6,8,10-11,13H,1-2,7,9H2,(H3,29,32,34). The summed E-state index contributed by atoms with van der Waals surface area (Å²) in [5, 5.41) is 8.41. The van der Waals surface area contributed by atoms with Gasteiger partial charge in [-0.3, -0.25) is 4.79 Å². The average molecular weight is 551 g/mol. The Morgan fingerprint density at radius 2 is 1.97 bits per heavy atom. The third-order valence-corrected chi connectivity index (χ3v) is 6.50. The summed E-state index contributed by atoms with van der Waals surface area (Å²) in [6, 6.07) is 7.36. The Hall–Kier alpha value is -3.64. The van der Waals surface area contributed by atoms with Crippen molar-refractivity contribution in [3.8, 4) is 11.3 Å². The van der Waals surface area contributed by atoms with E-state index in [0.29, 0.717) is 45.9 Å². The van der Waals surface area contributed by atoms with E-state index in [1.54, 1.807) is 28.9 Å². The van der Waals surface area contributed by atoms with Crippen LogP contribution in [0.2, 0.25) is 10.0 Å². The number of alkyl halides is 3. The van der Waals surface area contributed by atoms with Gasteiger partial charge in [-0.25, -0.2) is 19.5 Å². The van der Waals surface area contributed by atoms with E-state index in [2.05, 4.69) is 20.4 Å². The molecule has 14 heteroatoms. The second-order valence-electron chi connectivity index (χ2n) is 8.49. The van der Waals surface area contributed by atoms with Crippen molar-refractivity contribution in [2.24, 2.45) is 0 Å². The number of nitrogens with zero attached hydrogens (tertiary/aromatic N) is 6. The Kier molecular flexibility index (Phi) is 6.54. The lowest BCUT2D eigenvalue weighted by Gasteiger charge is -2.34. The monoisotopic (exact) mass is 550 g/mol. The molecule has 37 heavy (non-hydrogen) atoms. The number of pyridine rings is 1. The number of nitrogens with one attached hydrogen (secondary N) is 1. The Balaban J connectivity index is 1.40. The number of hydrogen-bond donors (Lipinski definition) is 2. The van der Waals surface area contributed by atoms with Gasteiger partial charge in [-0.15, -0.1) is 0 Å². The molecule has 0 bridgehead atoms. The van der Waals surface area contributed by atoms with Gasteiger partial charge in [0, 0.05) is 29.7 Å². The number of halogens is 5. The number of fused-ring (bicyclic) bond motifs is 1. The molecule has 0 saturated carbocycles. The lowest BCUT2D eigenvalue weighted by atomic mass is 10.1. The quantitative estimate of drug-likeness (QED) is 0.337. The number of nitrogens with two attached hydrogens (primary N) is 1. The number of anilines is 3. The van der Waals surface area contributed by atoms with Crippen molar-refractivity contribution < 1.29 is 18.0 Å². The molecule has 1 aliphatic rings. The van der Waals surface area contributed by atoms with Crippen LogP contribution < -0.4 is 16.0 Å². The maximum atomic E-state index is 12.8. The zero-order chi connectivity index (χ0) is 26.3. The third kappa shape index (κ3) is 5.12. The molecule has 4 aromatic rings. The van der Waals surface area contributed by atoms with Gasteiger partial charge in [-0.05, 0) is 43.2 Å². The summed E-state index contributed by atoms with van der Waals surface area (Å²) < 4.78 is 39.9. The van der Waals surface area contributed by atoms with Crippen LogP contribution in [-0.2, 0) is 0 Å². The Labute approximate surface area is 218 Å². The number of carbonyl (C=O) groups is 1. The Morgan fingerprint density at radius 1 is 1.16 bits per heavy atom. The van der Waals surface area contributed by atoms with Gasteiger partial charge in [0.1, 0.15) is 18.0 Å². The number of nitrogen functional groups attached to an aromatic ring is 1. The lowest BCUT2D eigenvalue weighted by Crippen LogP contribution is -2.43. The second-order valence-corrected chi connectivity index (χ2v) is 9.33. The highest BCUT2D eigenvalue weighted by Gasteiger charge is 2.40. The van der Waals surface area contributed by atoms with Gasteiger partial charge in [-0.1, -0.05) is 23.2 Å². The van der Waals surface area contributed by atoms with Crippen molar-refractivity contribution in [2.75, 3.05) is 29.0 Å². The predicted molar refractivity (Wildman–Crippen MR) is 134 cm³/mol. The number of benzene rings is 1. The third-order valence-electron chi connectivity index (χ3n) is 5.95. The van der Waals surface area contributed by atoms with Crippen LogP contribution in [0.4, 0.5) is 30.6 Å². The summed E-state index contributed by atoms with van der Waals surface area (Å²) in [6.07, 6.45) is -0.292. The molecule has 0 spiro atoms. The second kappa shape index (κ2) is 9.67. The number of ketones is 1. The molecule has 1 unspecified atom stereocenters. The van der Waals surface area contributed by atoms with Crippen LogP contribution >= 0.6 is 23.2 Å². The molecule has 9 nitrogen and oxygen atoms in total. The lowest BCUT2D eigenvalue weighted by molar-refractivity contribution is -0.0884. The zero-order valence-corrected chi connectivity index (χ0v) is 20.5. The largest absolute Gasteiger partial charge is 0.455 e. The molecule has 5 rings (SSSR count). The van der Waals surface area contributed by atoms with Crippen LogP contribution in [0.1, 0.15) is 23.2 Å². The van der Waals surface area contributed by atoms with Crippen LogP contribution in [-0.4, -0.2) is 55.7 Å². The number of piperidine rings is 1. The first kappa shape index (κ1) is 25.0. The first-order valence-corrected chi connectivity index (χ1v) is 11.9. The first-order chi connectivity index (χ1) is 17.6. The van der Waals surface area contributed by atoms with Gasteiger partial charge in [0.15, 0.2) is 11.5 Å². The molecule has 1 atom stereocenters. The normalized spacial score (nSPS) is 16.2. The number of hydrogen-bond acceptors (Lipinski definition) is 8. The summed E-state index contributed by atoms with van der Waals surface area (Å²) in [6.45, 7) is 1.19. The van der Waals surface area contributed by atoms with Crippen LogP contribution in [0.25, 0.3) is 16.9 Å². The minimum absolute atomic E-state index is 0.127. The summed E-state index contributed by atoms with van der Waals surface area (Å²) in [4.78, 5) is 26.7. The molecule has 0 radical (unpaired) electrons. The number of Topliss-reactive ketones (excluding diaryl/α,β-unsaturated/α-hetero) is 1. The van der Waals surface area contributed by atoms with Crippen molar-refractivity contribution in [1.29, 1.82) is 0 Å². The van der Waals surface area contributed by atoms with Crippen LogP contribution in [0.5, 0.6) is 0 Å². The van der Waals surface area contributed by atoms with Gasteiger partial charge < -0.3 is 16.0 Å². The highest BCUT2D eigenvalue weighted by atomic mass is 35.5. The maximum Gasteiger partial charge on any atom is 0.455 e. The van der Waals surface area contributed by atoms with Gasteiger partial charge in [-0.2, -0.15) is 18.3 Å². The van der Waals surface area contributed by atoms with Crippen molar-refractivity contribution in [3.63, 3.8) is 0 Å². The predicted octanol–water partition coefficient (Wildman–Crippen LogP) is 4.90. The molecule has 0 aliphatic carbocycles. The topological polar surface area (TPSA) is 114 Å². The number of aromatic nitrogens is 5. The van der Waals surface area contributed by atoms with Crippen molar-refractivity contribution in [3.05, 3.63) is 58.5 Å². The van der Waals surface area contributed by atoms with Crippen molar-refractivity contribution in [1.82, 2.24) is 24.6 Å². The highest BCUT2D eigenvalue weighted by molar-refractivity contribution is 6.36. The van der Waals surface area contributed by atoms with E-state index in [4.69, 9.17) is 33.9 Å². The Bertz CT molecular complexity index is 1490. The molecule has 4 heterocycles. The maximum absolute atomic E-state index is 12.8. The van der Waals surface area contributed by atoms with E-state index in [0.717, 1.165) is 18.9 Å². The minimum Gasteiger partial charge on any atom is -0.383 e. The molecule has 1 fully saturated rings. The minimum atomic E-state index is -5.03. The number of carbonyl (C=O) groups excluding carboxylic acids is 1. The van der Waals surface area contributed by atoms with E-state index in [1.807, 2.05) is 4.90 Å². The highest BCUT2D eigenvalue weighted by Crippen LogP contribution is 2.32. The Morgan fingerprint density at radius 3 is 2.70 bits per heavy atom.